The molecule has 0 saturated carbocycles. The van der Waals surface area contributed by atoms with Gasteiger partial charge in [-0.3, -0.25) is 9.59 Å². The van der Waals surface area contributed by atoms with Gasteiger partial charge in [-0.2, -0.15) is 9.97 Å². The van der Waals surface area contributed by atoms with E-state index in [1.54, 1.807) is 39.0 Å². The van der Waals surface area contributed by atoms with Crippen LogP contribution in [0, 0.1) is 10.8 Å². The van der Waals surface area contributed by atoms with Crippen molar-refractivity contribution in [3.63, 3.8) is 0 Å². The Morgan fingerprint density at radius 1 is 0.667 bits per heavy atom. The predicted molar refractivity (Wildman–Crippen MR) is 144 cm³/mol. The molecule has 6 nitrogen and oxygen atoms in total. The van der Waals surface area contributed by atoms with Crippen molar-refractivity contribution in [1.82, 2.24) is 15.0 Å². The maximum Gasteiger partial charge on any atom is 0.243 e. The summed E-state index contributed by atoms with van der Waals surface area (Å²) in [5.41, 5.74) is -0.166. The second-order valence-electron chi connectivity index (χ2n) is 10.1. The largest absolute Gasteiger partial charge is 0.273 e. The van der Waals surface area contributed by atoms with Gasteiger partial charge in [0, 0.05) is 31.3 Å². The van der Waals surface area contributed by atoms with Crippen molar-refractivity contribution in [3.8, 4) is 22.8 Å². The standard InChI is InChI=1S/C29H24N4O2S/c1-28(2)25(34)33(26(35)29(28,3)4)27-31-23(17-11-6-5-7-12-17)30-24(32-27)20-15-10-14-19-18-13-8-9-16-21(18)36-22(19)20/h5-16H,1-4H3. The van der Waals surface area contributed by atoms with Gasteiger partial charge in [0.15, 0.2) is 11.6 Å². The molecular formula is C29H24N4O2S. The molecule has 2 aromatic heterocycles. The molecule has 5 aromatic rings. The van der Waals surface area contributed by atoms with E-state index >= 15 is 0 Å². The summed E-state index contributed by atoms with van der Waals surface area (Å²) in [5, 5.41) is 2.29. The number of carbonyl (C=O) groups excluding carboxylic acids is 2. The summed E-state index contributed by atoms with van der Waals surface area (Å²) in [4.78, 5) is 42.3. The molecule has 7 heteroatoms. The van der Waals surface area contributed by atoms with Gasteiger partial charge < -0.3 is 0 Å². The highest BCUT2D eigenvalue weighted by Gasteiger charge is 2.60. The topological polar surface area (TPSA) is 76.1 Å². The Morgan fingerprint density at radius 3 is 2.00 bits per heavy atom. The minimum absolute atomic E-state index is 0.0608. The quantitative estimate of drug-likeness (QED) is 0.269. The number of carbonyl (C=O) groups is 2. The highest BCUT2D eigenvalue weighted by molar-refractivity contribution is 7.26. The lowest BCUT2D eigenvalue weighted by Crippen LogP contribution is -2.35. The van der Waals surface area contributed by atoms with E-state index in [4.69, 9.17) is 9.97 Å². The zero-order chi connectivity index (χ0) is 25.2. The fourth-order valence-electron chi connectivity index (χ4n) is 4.59. The monoisotopic (exact) mass is 492 g/mol. The summed E-state index contributed by atoms with van der Waals surface area (Å²) >= 11 is 1.68. The van der Waals surface area contributed by atoms with Crippen molar-refractivity contribution in [2.24, 2.45) is 10.8 Å². The van der Waals surface area contributed by atoms with Crippen LogP contribution < -0.4 is 4.90 Å². The summed E-state index contributed by atoms with van der Waals surface area (Å²) in [5.74, 6) is 0.282. The Labute approximate surface area is 212 Å². The number of amides is 2. The number of hydrogen-bond acceptors (Lipinski definition) is 6. The SMILES string of the molecule is CC1(C)C(=O)N(c2nc(-c3ccccc3)nc(-c3cccc4c3sc3ccccc34)n2)C(=O)C1(C)C. The second-order valence-corrected chi connectivity index (χ2v) is 11.2. The number of imide groups is 1. The van der Waals surface area contributed by atoms with Crippen LogP contribution in [0.2, 0.25) is 0 Å². The third-order valence-electron chi connectivity index (χ3n) is 7.54. The van der Waals surface area contributed by atoms with Crippen LogP contribution in [0.4, 0.5) is 5.95 Å². The van der Waals surface area contributed by atoms with Gasteiger partial charge in [-0.15, -0.1) is 11.3 Å². The van der Waals surface area contributed by atoms with Crippen molar-refractivity contribution < 1.29 is 9.59 Å². The minimum Gasteiger partial charge on any atom is -0.273 e. The molecule has 0 unspecified atom stereocenters. The third-order valence-corrected chi connectivity index (χ3v) is 8.76. The number of nitrogens with zero attached hydrogens (tertiary/aromatic N) is 4. The Balaban J connectivity index is 1.62. The summed E-state index contributed by atoms with van der Waals surface area (Å²) in [6.45, 7) is 7.19. The van der Waals surface area contributed by atoms with Crippen LogP contribution in [0.1, 0.15) is 27.7 Å². The highest BCUT2D eigenvalue weighted by atomic mass is 32.1. The normalized spacial score (nSPS) is 16.8. The molecule has 0 N–H and O–H groups in total. The van der Waals surface area contributed by atoms with Crippen LogP contribution in [-0.2, 0) is 9.59 Å². The van der Waals surface area contributed by atoms with Gasteiger partial charge >= 0.3 is 0 Å². The zero-order valence-corrected chi connectivity index (χ0v) is 21.3. The molecule has 6 rings (SSSR count). The van der Waals surface area contributed by atoms with Gasteiger partial charge in [0.25, 0.3) is 0 Å². The van der Waals surface area contributed by atoms with Crippen molar-refractivity contribution in [2.75, 3.05) is 4.90 Å². The Hall–Kier alpha value is -3.97. The fraction of sp³-hybridized carbons (Fsp3) is 0.207. The lowest BCUT2D eigenvalue weighted by Gasteiger charge is -2.28. The maximum atomic E-state index is 13.5. The van der Waals surface area contributed by atoms with Crippen LogP contribution >= 0.6 is 11.3 Å². The van der Waals surface area contributed by atoms with Crippen LogP contribution in [0.3, 0.4) is 0 Å². The van der Waals surface area contributed by atoms with E-state index in [-0.39, 0.29) is 17.8 Å². The number of benzene rings is 3. The van der Waals surface area contributed by atoms with Crippen LogP contribution in [-0.4, -0.2) is 26.8 Å². The van der Waals surface area contributed by atoms with Crippen LogP contribution in [0.25, 0.3) is 42.9 Å². The minimum atomic E-state index is -0.894. The average Bonchev–Trinajstić information content (AvgIpc) is 3.32. The molecule has 0 bridgehead atoms. The smallest absolute Gasteiger partial charge is 0.243 e. The van der Waals surface area contributed by atoms with E-state index in [0.717, 1.165) is 26.1 Å². The molecule has 3 aromatic carbocycles. The first kappa shape index (κ1) is 22.5. The van der Waals surface area contributed by atoms with Gasteiger partial charge in [-0.1, -0.05) is 60.7 Å². The second kappa shape index (κ2) is 7.77. The first-order chi connectivity index (χ1) is 17.2. The fourth-order valence-corrected chi connectivity index (χ4v) is 5.80. The molecule has 178 valence electrons. The molecule has 0 spiro atoms. The molecule has 2 amide bonds. The van der Waals surface area contributed by atoms with Gasteiger partial charge in [0.1, 0.15) is 0 Å². The first-order valence-electron chi connectivity index (χ1n) is 11.8. The number of hydrogen-bond donors (Lipinski definition) is 0. The van der Waals surface area contributed by atoms with Gasteiger partial charge in [-0.05, 0) is 39.8 Å². The summed E-state index contributed by atoms with van der Waals surface area (Å²) < 4.78 is 2.22. The predicted octanol–water partition coefficient (Wildman–Crippen LogP) is 6.50. The molecule has 0 atom stereocenters. The number of fused-ring (bicyclic) bond motifs is 3. The molecule has 1 saturated heterocycles. The third kappa shape index (κ3) is 3.12. The lowest BCUT2D eigenvalue weighted by molar-refractivity contribution is -0.129. The van der Waals surface area contributed by atoms with E-state index in [2.05, 4.69) is 23.2 Å². The molecule has 1 fully saturated rings. The Bertz CT molecular complexity index is 1660. The number of rotatable bonds is 3. The zero-order valence-electron chi connectivity index (χ0n) is 20.4. The summed E-state index contributed by atoms with van der Waals surface area (Å²) in [6.07, 6.45) is 0. The van der Waals surface area contributed by atoms with E-state index in [1.165, 1.54) is 10.1 Å². The number of aromatic nitrogens is 3. The van der Waals surface area contributed by atoms with Crippen LogP contribution in [0.15, 0.2) is 72.8 Å². The molecular weight excluding hydrogens is 468 g/mol. The average molecular weight is 493 g/mol. The van der Waals surface area contributed by atoms with E-state index < -0.39 is 10.8 Å². The van der Waals surface area contributed by atoms with Crippen molar-refractivity contribution in [2.45, 2.75) is 27.7 Å². The lowest BCUT2D eigenvalue weighted by atomic mass is 9.70. The van der Waals surface area contributed by atoms with Crippen molar-refractivity contribution in [3.05, 3.63) is 72.8 Å². The van der Waals surface area contributed by atoms with Gasteiger partial charge in [0.2, 0.25) is 17.8 Å². The van der Waals surface area contributed by atoms with Gasteiger partial charge in [0.05, 0.1) is 10.8 Å². The summed E-state index contributed by atoms with van der Waals surface area (Å²) in [6, 6.07) is 23.9. The van der Waals surface area contributed by atoms with E-state index in [0.29, 0.717) is 11.6 Å². The number of anilines is 1. The molecule has 36 heavy (non-hydrogen) atoms. The number of thiophene rings is 1. The maximum absolute atomic E-state index is 13.5. The Morgan fingerprint density at radius 2 is 1.28 bits per heavy atom. The molecule has 1 aliphatic rings. The first-order valence-corrected chi connectivity index (χ1v) is 12.6. The van der Waals surface area contributed by atoms with Crippen molar-refractivity contribution in [1.29, 1.82) is 0 Å². The Kier molecular flexibility index (Phi) is 4.85. The highest BCUT2D eigenvalue weighted by Crippen LogP contribution is 2.48. The van der Waals surface area contributed by atoms with Crippen molar-refractivity contribution >= 4 is 49.3 Å². The van der Waals surface area contributed by atoms with E-state index in [1.807, 2.05) is 54.6 Å². The molecule has 1 aliphatic heterocycles. The molecule has 0 radical (unpaired) electrons. The summed E-state index contributed by atoms with van der Waals surface area (Å²) in [7, 11) is 0. The van der Waals surface area contributed by atoms with E-state index in [9.17, 15) is 9.59 Å². The molecule has 3 heterocycles. The van der Waals surface area contributed by atoms with Crippen LogP contribution in [0.5, 0.6) is 0 Å². The van der Waals surface area contributed by atoms with Gasteiger partial charge in [-0.25, -0.2) is 9.88 Å². The molecule has 0 aliphatic carbocycles.